The number of anilines is 2. The van der Waals surface area contributed by atoms with E-state index in [4.69, 9.17) is 16.3 Å². The van der Waals surface area contributed by atoms with Crippen molar-refractivity contribution in [3.05, 3.63) is 53.3 Å². The molecular formula is C20H23ClFN3O4S. The van der Waals surface area contributed by atoms with Crippen LogP contribution in [0, 0.1) is 5.82 Å². The Balaban J connectivity index is 1.68. The Labute approximate surface area is 180 Å². The van der Waals surface area contributed by atoms with Crippen molar-refractivity contribution in [2.75, 3.05) is 55.3 Å². The zero-order chi connectivity index (χ0) is 21.9. The lowest BCUT2D eigenvalue weighted by Gasteiger charge is -2.37. The van der Waals surface area contributed by atoms with E-state index in [0.29, 0.717) is 37.6 Å². The molecule has 3 rings (SSSR count). The number of nitrogens with zero attached hydrogens (tertiary/aromatic N) is 3. The summed E-state index contributed by atoms with van der Waals surface area (Å²) in [6, 6.07) is 10.8. The van der Waals surface area contributed by atoms with E-state index in [0.717, 1.165) is 16.2 Å². The van der Waals surface area contributed by atoms with E-state index in [1.54, 1.807) is 29.2 Å². The highest BCUT2D eigenvalue weighted by Crippen LogP contribution is 2.30. The summed E-state index contributed by atoms with van der Waals surface area (Å²) in [5.74, 6) is -0.185. The van der Waals surface area contributed by atoms with Gasteiger partial charge in [-0.3, -0.25) is 9.10 Å². The summed E-state index contributed by atoms with van der Waals surface area (Å²) >= 11 is 6.12. The maximum absolute atomic E-state index is 13.1. The number of halogens is 2. The molecule has 0 saturated carbocycles. The van der Waals surface area contributed by atoms with Gasteiger partial charge in [0.25, 0.3) is 0 Å². The molecule has 10 heteroatoms. The Morgan fingerprint density at radius 2 is 1.77 bits per heavy atom. The molecule has 162 valence electrons. The van der Waals surface area contributed by atoms with Crippen LogP contribution in [0.15, 0.2) is 42.5 Å². The summed E-state index contributed by atoms with van der Waals surface area (Å²) < 4.78 is 43.9. The first-order chi connectivity index (χ1) is 14.2. The van der Waals surface area contributed by atoms with E-state index in [1.807, 2.05) is 0 Å². The lowest BCUT2D eigenvalue weighted by molar-refractivity contribution is -0.129. The van der Waals surface area contributed by atoms with Gasteiger partial charge in [0.15, 0.2) is 0 Å². The van der Waals surface area contributed by atoms with Gasteiger partial charge in [0.1, 0.15) is 18.1 Å². The van der Waals surface area contributed by atoms with Gasteiger partial charge in [0, 0.05) is 31.9 Å². The standard InChI is InChI=1S/C20H23ClFN3O4S/c1-29-19-8-7-17(13-18(19)21)25(30(2,27)28)14-20(26)24-11-9-23(10-12-24)16-5-3-15(22)4-6-16/h3-8,13H,9-12,14H2,1-2H3. The van der Waals surface area contributed by atoms with Crippen LogP contribution in [-0.4, -0.2) is 65.3 Å². The van der Waals surface area contributed by atoms with Crippen molar-refractivity contribution >= 4 is 38.9 Å². The van der Waals surface area contributed by atoms with Crippen molar-refractivity contribution in [3.8, 4) is 5.75 Å². The number of piperazine rings is 1. The molecule has 0 N–H and O–H groups in total. The third-order valence-electron chi connectivity index (χ3n) is 4.93. The first-order valence-corrected chi connectivity index (χ1v) is 11.5. The monoisotopic (exact) mass is 455 g/mol. The van der Waals surface area contributed by atoms with Crippen LogP contribution in [-0.2, 0) is 14.8 Å². The first kappa shape index (κ1) is 22.2. The van der Waals surface area contributed by atoms with E-state index < -0.39 is 10.0 Å². The Bertz CT molecular complexity index is 1010. The summed E-state index contributed by atoms with van der Waals surface area (Å²) in [5, 5.41) is 0.254. The molecule has 0 atom stereocenters. The fourth-order valence-electron chi connectivity index (χ4n) is 3.30. The molecule has 1 saturated heterocycles. The lowest BCUT2D eigenvalue weighted by Crippen LogP contribution is -2.52. The Morgan fingerprint density at radius 1 is 1.13 bits per heavy atom. The van der Waals surface area contributed by atoms with E-state index in [2.05, 4.69) is 4.90 Å². The van der Waals surface area contributed by atoms with Crippen LogP contribution in [0.25, 0.3) is 0 Å². The number of carbonyl (C=O) groups is 1. The van der Waals surface area contributed by atoms with Crippen LogP contribution in [0.2, 0.25) is 5.02 Å². The molecule has 2 aromatic carbocycles. The number of hydrogen-bond acceptors (Lipinski definition) is 5. The van der Waals surface area contributed by atoms with Crippen molar-refractivity contribution in [2.45, 2.75) is 0 Å². The molecule has 0 aromatic heterocycles. The number of hydrogen-bond donors (Lipinski definition) is 0. The molecule has 1 amide bonds. The highest BCUT2D eigenvalue weighted by atomic mass is 35.5. The summed E-state index contributed by atoms with van der Waals surface area (Å²) in [7, 11) is -2.24. The summed E-state index contributed by atoms with van der Waals surface area (Å²) in [4.78, 5) is 16.5. The maximum Gasteiger partial charge on any atom is 0.243 e. The van der Waals surface area contributed by atoms with Gasteiger partial charge in [-0.05, 0) is 42.5 Å². The number of methoxy groups -OCH3 is 1. The average Bonchev–Trinajstić information content (AvgIpc) is 2.71. The lowest BCUT2D eigenvalue weighted by atomic mass is 10.2. The Morgan fingerprint density at radius 3 is 2.30 bits per heavy atom. The van der Waals surface area contributed by atoms with Crippen LogP contribution in [0.4, 0.5) is 15.8 Å². The highest BCUT2D eigenvalue weighted by Gasteiger charge is 2.27. The van der Waals surface area contributed by atoms with Crippen LogP contribution < -0.4 is 13.9 Å². The summed E-state index contributed by atoms with van der Waals surface area (Å²) in [6.07, 6.45) is 1.05. The summed E-state index contributed by atoms with van der Waals surface area (Å²) in [5.41, 5.74) is 1.18. The van der Waals surface area contributed by atoms with E-state index in [9.17, 15) is 17.6 Å². The number of rotatable bonds is 6. The van der Waals surface area contributed by atoms with Crippen LogP contribution in [0.5, 0.6) is 5.75 Å². The summed E-state index contributed by atoms with van der Waals surface area (Å²) in [6.45, 7) is 1.71. The number of sulfonamides is 1. The number of ether oxygens (including phenoxy) is 1. The van der Waals surface area contributed by atoms with Gasteiger partial charge in [-0.25, -0.2) is 12.8 Å². The van der Waals surface area contributed by atoms with Crippen molar-refractivity contribution in [3.63, 3.8) is 0 Å². The van der Waals surface area contributed by atoms with Gasteiger partial charge in [0.05, 0.1) is 24.1 Å². The van der Waals surface area contributed by atoms with E-state index >= 15 is 0 Å². The van der Waals surface area contributed by atoms with Gasteiger partial charge < -0.3 is 14.5 Å². The predicted molar refractivity (Wildman–Crippen MR) is 115 cm³/mol. The molecule has 7 nitrogen and oxygen atoms in total. The maximum atomic E-state index is 13.1. The molecule has 0 spiro atoms. The smallest absolute Gasteiger partial charge is 0.243 e. The molecule has 0 radical (unpaired) electrons. The van der Waals surface area contributed by atoms with Crippen LogP contribution in [0.3, 0.4) is 0 Å². The van der Waals surface area contributed by atoms with E-state index in [-0.39, 0.29) is 23.3 Å². The van der Waals surface area contributed by atoms with Crippen LogP contribution >= 0.6 is 11.6 Å². The van der Waals surface area contributed by atoms with Gasteiger partial charge >= 0.3 is 0 Å². The van der Waals surface area contributed by atoms with Crippen molar-refractivity contribution < 1.29 is 22.3 Å². The van der Waals surface area contributed by atoms with Crippen molar-refractivity contribution in [2.24, 2.45) is 0 Å². The average molecular weight is 456 g/mol. The van der Waals surface area contributed by atoms with Gasteiger partial charge in [0.2, 0.25) is 15.9 Å². The molecular weight excluding hydrogens is 433 g/mol. The molecule has 0 bridgehead atoms. The first-order valence-electron chi connectivity index (χ1n) is 9.28. The molecule has 1 heterocycles. The largest absolute Gasteiger partial charge is 0.495 e. The highest BCUT2D eigenvalue weighted by molar-refractivity contribution is 7.92. The molecule has 1 aliphatic rings. The quantitative estimate of drug-likeness (QED) is 0.669. The second-order valence-corrected chi connectivity index (χ2v) is 9.25. The molecule has 30 heavy (non-hydrogen) atoms. The topological polar surface area (TPSA) is 70.2 Å². The van der Waals surface area contributed by atoms with Crippen LogP contribution in [0.1, 0.15) is 0 Å². The van der Waals surface area contributed by atoms with Crippen molar-refractivity contribution in [1.29, 1.82) is 0 Å². The fourth-order valence-corrected chi connectivity index (χ4v) is 4.39. The molecule has 1 fully saturated rings. The minimum atomic E-state index is -3.71. The zero-order valence-corrected chi connectivity index (χ0v) is 18.3. The number of benzene rings is 2. The zero-order valence-electron chi connectivity index (χ0n) is 16.7. The van der Waals surface area contributed by atoms with E-state index in [1.165, 1.54) is 25.3 Å². The molecule has 2 aromatic rings. The van der Waals surface area contributed by atoms with Gasteiger partial charge in [-0.1, -0.05) is 11.6 Å². The minimum Gasteiger partial charge on any atom is -0.495 e. The third-order valence-corrected chi connectivity index (χ3v) is 6.36. The minimum absolute atomic E-state index is 0.254. The second-order valence-electron chi connectivity index (χ2n) is 6.93. The number of amides is 1. The second kappa shape index (κ2) is 9.09. The molecule has 0 unspecified atom stereocenters. The molecule has 0 aliphatic carbocycles. The van der Waals surface area contributed by atoms with Gasteiger partial charge in [-0.15, -0.1) is 0 Å². The van der Waals surface area contributed by atoms with Crippen molar-refractivity contribution in [1.82, 2.24) is 4.90 Å². The Kier molecular flexibility index (Phi) is 6.72. The fraction of sp³-hybridized carbons (Fsp3) is 0.350. The molecule has 1 aliphatic heterocycles. The normalized spacial score (nSPS) is 14.5. The predicted octanol–water partition coefficient (Wildman–Crippen LogP) is 2.60. The third kappa shape index (κ3) is 5.14. The SMILES string of the molecule is COc1ccc(N(CC(=O)N2CCN(c3ccc(F)cc3)CC2)S(C)(=O)=O)cc1Cl. The Hall–Kier alpha value is -2.52. The number of carbonyl (C=O) groups excluding carboxylic acids is 1. The van der Waals surface area contributed by atoms with Gasteiger partial charge in [-0.2, -0.15) is 0 Å².